The second-order valence-electron chi connectivity index (χ2n) is 2.94. The maximum atomic E-state index is 9.64. The second kappa shape index (κ2) is 5.27. The van der Waals surface area contributed by atoms with Crippen LogP contribution in [0.4, 0.5) is 0 Å². The van der Waals surface area contributed by atoms with Crippen molar-refractivity contribution in [3.8, 4) is 0 Å². The Kier molecular flexibility index (Phi) is 4.28. The Morgan fingerprint density at radius 2 is 1.77 bits per heavy atom. The van der Waals surface area contributed by atoms with Gasteiger partial charge in [-0.2, -0.15) is 12.6 Å². The number of hydrogen-bond donors (Lipinski definition) is 3. The molecule has 2 N–H and O–H groups in total. The molecule has 1 aromatic rings. The third-order valence-electron chi connectivity index (χ3n) is 1.93. The molecule has 0 spiro atoms. The van der Waals surface area contributed by atoms with E-state index in [9.17, 15) is 10.2 Å². The number of rotatable bonds is 4. The Hall–Kier alpha value is -0.510. The van der Waals surface area contributed by atoms with Gasteiger partial charge in [0, 0.05) is 0 Å². The first kappa shape index (κ1) is 10.6. The summed E-state index contributed by atoms with van der Waals surface area (Å²) in [5.41, 5.74) is 0.747. The van der Waals surface area contributed by atoms with E-state index < -0.39 is 12.2 Å². The van der Waals surface area contributed by atoms with Crippen LogP contribution < -0.4 is 0 Å². The van der Waals surface area contributed by atoms with Crippen molar-refractivity contribution < 1.29 is 10.2 Å². The van der Waals surface area contributed by atoms with E-state index >= 15 is 0 Å². The van der Waals surface area contributed by atoms with Crippen LogP contribution in [0.25, 0.3) is 0 Å². The number of aliphatic hydroxyl groups excluding tert-OH is 2. The Morgan fingerprint density at radius 3 is 2.31 bits per heavy atom. The molecule has 0 radical (unpaired) electrons. The molecule has 0 fully saturated rings. The summed E-state index contributed by atoms with van der Waals surface area (Å²) in [6.07, 6.45) is -1.02. The Balaban J connectivity index is 2.62. The maximum Gasteiger partial charge on any atom is 0.105 e. The largest absolute Gasteiger partial charge is 0.390 e. The summed E-state index contributed by atoms with van der Waals surface area (Å²) < 4.78 is 0. The highest BCUT2D eigenvalue weighted by Gasteiger charge is 2.16. The zero-order valence-electron chi connectivity index (χ0n) is 7.30. The first-order valence-electron chi connectivity index (χ1n) is 4.27. The molecule has 2 atom stereocenters. The van der Waals surface area contributed by atoms with Crippen molar-refractivity contribution >= 4 is 12.6 Å². The Bertz CT molecular complexity index is 238. The molecule has 0 heterocycles. The minimum Gasteiger partial charge on any atom is -0.390 e. The lowest BCUT2D eigenvalue weighted by molar-refractivity contribution is 0.0172. The first-order valence-corrected chi connectivity index (χ1v) is 4.91. The fraction of sp³-hybridized carbons (Fsp3) is 0.400. The van der Waals surface area contributed by atoms with Crippen LogP contribution in [0.5, 0.6) is 0 Å². The van der Waals surface area contributed by atoms with Crippen molar-refractivity contribution in [2.24, 2.45) is 0 Å². The summed E-state index contributed by atoms with van der Waals surface area (Å²) >= 11 is 4.00. The summed E-state index contributed by atoms with van der Waals surface area (Å²) in [4.78, 5) is 0. The van der Waals surface area contributed by atoms with Gasteiger partial charge in [0.2, 0.25) is 0 Å². The number of benzene rings is 1. The molecule has 0 aliphatic heterocycles. The molecule has 0 saturated heterocycles. The third kappa shape index (κ3) is 3.03. The zero-order valence-corrected chi connectivity index (χ0v) is 8.19. The van der Waals surface area contributed by atoms with Crippen molar-refractivity contribution in [3.05, 3.63) is 35.9 Å². The summed E-state index contributed by atoms with van der Waals surface area (Å²) in [5.74, 6) is 0.574. The molecule has 13 heavy (non-hydrogen) atoms. The van der Waals surface area contributed by atoms with E-state index in [2.05, 4.69) is 12.6 Å². The molecular formula is C10H14O2S. The van der Waals surface area contributed by atoms with Crippen LogP contribution in [-0.4, -0.2) is 22.1 Å². The van der Waals surface area contributed by atoms with Crippen molar-refractivity contribution in [2.75, 3.05) is 5.75 Å². The molecule has 2 unspecified atom stereocenters. The zero-order chi connectivity index (χ0) is 9.68. The fourth-order valence-corrected chi connectivity index (χ4v) is 1.43. The smallest absolute Gasteiger partial charge is 0.105 e. The van der Waals surface area contributed by atoms with Crippen LogP contribution in [-0.2, 0) is 0 Å². The van der Waals surface area contributed by atoms with E-state index in [0.29, 0.717) is 12.2 Å². The topological polar surface area (TPSA) is 40.5 Å². The Labute approximate surface area is 83.6 Å². The van der Waals surface area contributed by atoms with E-state index in [4.69, 9.17) is 0 Å². The van der Waals surface area contributed by atoms with E-state index in [1.807, 2.05) is 18.2 Å². The molecule has 0 saturated carbocycles. The van der Waals surface area contributed by atoms with Crippen LogP contribution in [0.1, 0.15) is 18.1 Å². The Morgan fingerprint density at radius 1 is 1.15 bits per heavy atom. The van der Waals surface area contributed by atoms with E-state index in [1.165, 1.54) is 0 Å². The molecular weight excluding hydrogens is 184 g/mol. The number of hydrogen-bond acceptors (Lipinski definition) is 3. The molecule has 0 amide bonds. The maximum absolute atomic E-state index is 9.64. The quantitative estimate of drug-likeness (QED) is 0.640. The summed E-state index contributed by atoms with van der Waals surface area (Å²) in [7, 11) is 0. The van der Waals surface area contributed by atoms with Crippen molar-refractivity contribution in [1.29, 1.82) is 0 Å². The van der Waals surface area contributed by atoms with E-state index in [-0.39, 0.29) is 0 Å². The summed E-state index contributed by atoms with van der Waals surface area (Å²) in [6, 6.07) is 9.15. The summed E-state index contributed by atoms with van der Waals surface area (Å²) in [6.45, 7) is 0. The lowest BCUT2D eigenvalue weighted by atomic mass is 10.0. The highest BCUT2D eigenvalue weighted by molar-refractivity contribution is 7.80. The second-order valence-corrected chi connectivity index (χ2v) is 3.38. The minimum atomic E-state index is -0.798. The van der Waals surface area contributed by atoms with Crippen LogP contribution >= 0.6 is 12.6 Å². The highest BCUT2D eigenvalue weighted by atomic mass is 32.1. The monoisotopic (exact) mass is 198 g/mol. The SMILES string of the molecule is OC(CCS)C(O)c1ccccc1. The van der Waals surface area contributed by atoms with E-state index in [0.717, 1.165) is 5.56 Å². The molecule has 72 valence electrons. The highest BCUT2D eigenvalue weighted by Crippen LogP contribution is 2.18. The van der Waals surface area contributed by atoms with Gasteiger partial charge < -0.3 is 10.2 Å². The lowest BCUT2D eigenvalue weighted by Gasteiger charge is -2.16. The predicted molar refractivity (Wildman–Crippen MR) is 55.9 cm³/mol. The average Bonchev–Trinajstić information content (AvgIpc) is 2.18. The van der Waals surface area contributed by atoms with Gasteiger partial charge in [0.25, 0.3) is 0 Å². The van der Waals surface area contributed by atoms with Gasteiger partial charge in [-0.15, -0.1) is 0 Å². The van der Waals surface area contributed by atoms with Gasteiger partial charge in [-0.3, -0.25) is 0 Å². The van der Waals surface area contributed by atoms with Crippen LogP contribution in [0.3, 0.4) is 0 Å². The standard InChI is InChI=1S/C10H14O2S/c11-9(6-7-13)10(12)8-4-2-1-3-5-8/h1-5,9-13H,6-7H2. The van der Waals surface area contributed by atoms with Gasteiger partial charge in [-0.05, 0) is 17.7 Å². The van der Waals surface area contributed by atoms with Gasteiger partial charge in [0.05, 0.1) is 6.10 Å². The van der Waals surface area contributed by atoms with Gasteiger partial charge in [0.1, 0.15) is 6.10 Å². The first-order chi connectivity index (χ1) is 6.25. The average molecular weight is 198 g/mol. The van der Waals surface area contributed by atoms with Crippen LogP contribution in [0.2, 0.25) is 0 Å². The summed E-state index contributed by atoms with van der Waals surface area (Å²) in [5, 5.41) is 19.1. The molecule has 0 aliphatic carbocycles. The van der Waals surface area contributed by atoms with Crippen molar-refractivity contribution in [1.82, 2.24) is 0 Å². The van der Waals surface area contributed by atoms with Crippen molar-refractivity contribution in [3.63, 3.8) is 0 Å². The molecule has 1 aromatic carbocycles. The fourth-order valence-electron chi connectivity index (χ4n) is 1.16. The molecule has 3 heteroatoms. The van der Waals surface area contributed by atoms with Gasteiger partial charge >= 0.3 is 0 Å². The molecule has 0 aromatic heterocycles. The molecule has 1 rings (SSSR count). The van der Waals surface area contributed by atoms with Crippen LogP contribution in [0, 0.1) is 0 Å². The number of aliphatic hydroxyl groups is 2. The van der Waals surface area contributed by atoms with Gasteiger partial charge in [0.15, 0.2) is 0 Å². The third-order valence-corrected chi connectivity index (χ3v) is 2.19. The van der Waals surface area contributed by atoms with Gasteiger partial charge in [-0.25, -0.2) is 0 Å². The van der Waals surface area contributed by atoms with Crippen molar-refractivity contribution in [2.45, 2.75) is 18.6 Å². The normalized spacial score (nSPS) is 15.3. The minimum absolute atomic E-state index is 0.499. The predicted octanol–water partition coefficient (Wildman–Crippen LogP) is 1.40. The van der Waals surface area contributed by atoms with Crippen LogP contribution in [0.15, 0.2) is 30.3 Å². The molecule has 2 nitrogen and oxygen atoms in total. The lowest BCUT2D eigenvalue weighted by Crippen LogP contribution is -2.18. The number of thiol groups is 1. The molecule has 0 aliphatic rings. The van der Waals surface area contributed by atoms with E-state index in [1.54, 1.807) is 12.1 Å². The molecule has 0 bridgehead atoms. The van der Waals surface area contributed by atoms with Gasteiger partial charge in [-0.1, -0.05) is 30.3 Å².